The lowest BCUT2D eigenvalue weighted by molar-refractivity contribution is -0.0495. The summed E-state index contributed by atoms with van der Waals surface area (Å²) in [5.74, 6) is -3.17. The van der Waals surface area contributed by atoms with E-state index in [9.17, 15) is 18.7 Å². The van der Waals surface area contributed by atoms with Crippen LogP contribution in [0.15, 0.2) is 30.7 Å². The molecule has 0 aliphatic heterocycles. The predicted octanol–water partition coefficient (Wildman–Crippen LogP) is 3.30. The summed E-state index contributed by atoms with van der Waals surface area (Å²) in [5, 5.41) is 20.8. The highest BCUT2D eigenvalue weighted by Crippen LogP contribution is 2.41. The molecule has 0 spiro atoms. The Bertz CT molecular complexity index is 1070. The van der Waals surface area contributed by atoms with E-state index in [2.05, 4.69) is 20.5 Å². The fourth-order valence-electron chi connectivity index (χ4n) is 4.12. The summed E-state index contributed by atoms with van der Waals surface area (Å²) in [6.07, 6.45) is 4.94. The summed E-state index contributed by atoms with van der Waals surface area (Å²) < 4.78 is 30.7. The van der Waals surface area contributed by atoms with Gasteiger partial charge in [-0.1, -0.05) is 0 Å². The van der Waals surface area contributed by atoms with E-state index in [0.29, 0.717) is 22.6 Å². The molecule has 3 aromatic heterocycles. The number of nitrogens with zero attached hydrogens (tertiary/aromatic N) is 5. The van der Waals surface area contributed by atoms with Crippen LogP contribution in [0.5, 0.6) is 0 Å². The zero-order chi connectivity index (χ0) is 22.2. The standard InChI is InChI=1S/C21H26F2N6O2/c1-13(2)29-17(5-8-24-29)20(31)27-19(15-3-6-21(22,23)7-4-15)16-11-28-18(26-16)9-14(12-30)10-25-28/h5,8-11,13,15,19,30H,3-4,6-7,12H2,1-2H3,(H,27,31)/t19-/m0/s1. The molecule has 166 valence electrons. The van der Waals surface area contributed by atoms with E-state index in [0.717, 1.165) is 0 Å². The van der Waals surface area contributed by atoms with Crippen LogP contribution in [-0.2, 0) is 6.61 Å². The van der Waals surface area contributed by atoms with Crippen molar-refractivity contribution in [1.29, 1.82) is 0 Å². The Morgan fingerprint density at radius 2 is 2.06 bits per heavy atom. The van der Waals surface area contributed by atoms with Crippen molar-refractivity contribution >= 4 is 11.6 Å². The van der Waals surface area contributed by atoms with Gasteiger partial charge in [-0.2, -0.15) is 10.2 Å². The average Bonchev–Trinajstić information content (AvgIpc) is 3.38. The van der Waals surface area contributed by atoms with Gasteiger partial charge < -0.3 is 10.4 Å². The molecule has 8 nitrogen and oxygen atoms in total. The van der Waals surface area contributed by atoms with Gasteiger partial charge in [-0.15, -0.1) is 0 Å². The molecule has 10 heteroatoms. The number of aliphatic hydroxyl groups excluding tert-OH is 1. The summed E-state index contributed by atoms with van der Waals surface area (Å²) in [7, 11) is 0. The maximum atomic E-state index is 13.8. The number of aromatic nitrogens is 5. The molecule has 1 aliphatic rings. The first kappa shape index (κ1) is 21.4. The van der Waals surface area contributed by atoms with Gasteiger partial charge in [0.05, 0.1) is 30.7 Å². The predicted molar refractivity (Wildman–Crippen MR) is 109 cm³/mol. The lowest BCUT2D eigenvalue weighted by Gasteiger charge is -2.33. The lowest BCUT2D eigenvalue weighted by atomic mass is 9.81. The normalized spacial score (nSPS) is 17.9. The van der Waals surface area contributed by atoms with Crippen LogP contribution in [0.25, 0.3) is 5.65 Å². The maximum Gasteiger partial charge on any atom is 0.270 e. The van der Waals surface area contributed by atoms with Gasteiger partial charge >= 0.3 is 0 Å². The molecule has 1 saturated carbocycles. The second-order valence-corrected chi connectivity index (χ2v) is 8.39. The van der Waals surface area contributed by atoms with Gasteiger partial charge in [-0.25, -0.2) is 18.3 Å². The van der Waals surface area contributed by atoms with Gasteiger partial charge in [-0.3, -0.25) is 9.48 Å². The van der Waals surface area contributed by atoms with Crippen molar-refractivity contribution in [1.82, 2.24) is 29.7 Å². The zero-order valence-corrected chi connectivity index (χ0v) is 17.5. The van der Waals surface area contributed by atoms with E-state index < -0.39 is 12.0 Å². The fourth-order valence-corrected chi connectivity index (χ4v) is 4.12. The highest BCUT2D eigenvalue weighted by atomic mass is 19.3. The van der Waals surface area contributed by atoms with E-state index in [4.69, 9.17) is 0 Å². The highest BCUT2D eigenvalue weighted by molar-refractivity contribution is 5.92. The van der Waals surface area contributed by atoms with E-state index in [1.54, 1.807) is 33.7 Å². The minimum Gasteiger partial charge on any atom is -0.392 e. The molecule has 31 heavy (non-hydrogen) atoms. The van der Waals surface area contributed by atoms with Crippen LogP contribution in [0.4, 0.5) is 8.78 Å². The number of imidazole rings is 1. The van der Waals surface area contributed by atoms with Crippen LogP contribution in [0.3, 0.4) is 0 Å². The molecule has 2 N–H and O–H groups in total. The lowest BCUT2D eigenvalue weighted by Crippen LogP contribution is -2.38. The number of carbonyl (C=O) groups is 1. The minimum absolute atomic E-state index is 0.00105. The van der Waals surface area contributed by atoms with Gasteiger partial charge in [-0.05, 0) is 44.7 Å². The molecule has 1 amide bonds. The number of alkyl halides is 2. The van der Waals surface area contributed by atoms with Gasteiger partial charge in [0, 0.05) is 30.6 Å². The highest BCUT2D eigenvalue weighted by Gasteiger charge is 2.39. The summed E-state index contributed by atoms with van der Waals surface area (Å²) >= 11 is 0. The Morgan fingerprint density at radius 1 is 1.32 bits per heavy atom. The second-order valence-electron chi connectivity index (χ2n) is 8.39. The number of amides is 1. The molecule has 1 fully saturated rings. The van der Waals surface area contributed by atoms with Crippen molar-refractivity contribution in [2.45, 2.75) is 64.1 Å². The number of halogens is 2. The molecular formula is C21H26F2N6O2. The summed E-state index contributed by atoms with van der Waals surface area (Å²) in [5.41, 5.74) is 2.10. The summed E-state index contributed by atoms with van der Waals surface area (Å²) in [4.78, 5) is 17.7. The van der Waals surface area contributed by atoms with Crippen molar-refractivity contribution in [2.75, 3.05) is 0 Å². The zero-order valence-electron chi connectivity index (χ0n) is 17.5. The topological polar surface area (TPSA) is 97.3 Å². The number of carbonyl (C=O) groups excluding carboxylic acids is 1. The molecule has 3 heterocycles. The Balaban J connectivity index is 1.66. The molecule has 4 rings (SSSR count). The van der Waals surface area contributed by atoms with Gasteiger partial charge in [0.2, 0.25) is 5.92 Å². The second kappa shape index (κ2) is 8.33. The molecule has 0 bridgehead atoms. The van der Waals surface area contributed by atoms with Crippen molar-refractivity contribution in [3.63, 3.8) is 0 Å². The molecule has 0 unspecified atom stereocenters. The van der Waals surface area contributed by atoms with Gasteiger partial charge in [0.25, 0.3) is 5.91 Å². The number of nitrogens with one attached hydrogen (secondary N) is 1. The van der Waals surface area contributed by atoms with E-state index >= 15 is 0 Å². The van der Waals surface area contributed by atoms with Crippen LogP contribution in [0.2, 0.25) is 0 Å². The number of fused-ring (bicyclic) bond motifs is 1. The van der Waals surface area contributed by atoms with Crippen molar-refractivity contribution in [2.24, 2.45) is 5.92 Å². The van der Waals surface area contributed by atoms with Crippen molar-refractivity contribution in [3.8, 4) is 0 Å². The Morgan fingerprint density at radius 3 is 2.74 bits per heavy atom. The van der Waals surface area contributed by atoms with Crippen LogP contribution >= 0.6 is 0 Å². The van der Waals surface area contributed by atoms with E-state index in [1.165, 1.54) is 6.20 Å². The smallest absolute Gasteiger partial charge is 0.270 e. The minimum atomic E-state index is -2.67. The third kappa shape index (κ3) is 4.43. The number of hydrogen-bond acceptors (Lipinski definition) is 5. The summed E-state index contributed by atoms with van der Waals surface area (Å²) in [6.45, 7) is 3.69. The van der Waals surface area contributed by atoms with E-state index in [1.807, 2.05) is 13.8 Å². The number of rotatable bonds is 6. The van der Waals surface area contributed by atoms with Crippen LogP contribution < -0.4 is 5.32 Å². The van der Waals surface area contributed by atoms with Crippen molar-refractivity contribution in [3.05, 3.63) is 47.7 Å². The molecule has 1 aliphatic carbocycles. The van der Waals surface area contributed by atoms with Gasteiger partial charge in [0.15, 0.2) is 5.65 Å². The van der Waals surface area contributed by atoms with Crippen molar-refractivity contribution < 1.29 is 18.7 Å². The maximum absolute atomic E-state index is 13.8. The van der Waals surface area contributed by atoms with Crippen LogP contribution in [0, 0.1) is 5.92 Å². The first-order valence-corrected chi connectivity index (χ1v) is 10.4. The largest absolute Gasteiger partial charge is 0.392 e. The quantitative estimate of drug-likeness (QED) is 0.623. The Hall–Kier alpha value is -2.88. The van der Waals surface area contributed by atoms with Gasteiger partial charge in [0.1, 0.15) is 5.69 Å². The molecule has 0 aromatic carbocycles. The van der Waals surface area contributed by atoms with Crippen LogP contribution in [0.1, 0.15) is 73.4 Å². The SMILES string of the molecule is CC(C)n1nccc1C(=O)N[C@H](c1cn2ncc(CO)cc2n1)C1CCC(F)(F)CC1. The molecule has 0 radical (unpaired) electrons. The first-order valence-electron chi connectivity index (χ1n) is 10.4. The summed E-state index contributed by atoms with van der Waals surface area (Å²) in [6, 6.07) is 2.80. The third-order valence-electron chi connectivity index (χ3n) is 5.81. The molecule has 1 atom stereocenters. The first-order chi connectivity index (χ1) is 14.8. The number of aliphatic hydroxyl groups is 1. The molecule has 3 aromatic rings. The Labute approximate surface area is 178 Å². The molecular weight excluding hydrogens is 406 g/mol. The van der Waals surface area contributed by atoms with Crippen LogP contribution in [-0.4, -0.2) is 41.3 Å². The fraction of sp³-hybridized carbons (Fsp3) is 0.524. The third-order valence-corrected chi connectivity index (χ3v) is 5.81. The van der Waals surface area contributed by atoms with E-state index in [-0.39, 0.29) is 50.2 Å². The monoisotopic (exact) mass is 432 g/mol. The average molecular weight is 432 g/mol. The molecule has 0 saturated heterocycles. The number of hydrogen-bond donors (Lipinski definition) is 2. The Kier molecular flexibility index (Phi) is 5.74.